The number of thiazole rings is 1. The van der Waals surface area contributed by atoms with Crippen molar-refractivity contribution in [3.05, 3.63) is 11.6 Å². The summed E-state index contributed by atoms with van der Waals surface area (Å²) in [7, 11) is 1.75. The van der Waals surface area contributed by atoms with E-state index in [2.05, 4.69) is 15.6 Å². The lowest BCUT2D eigenvalue weighted by Gasteiger charge is -2.48. The van der Waals surface area contributed by atoms with Crippen LogP contribution in [0.4, 0.5) is 9.52 Å². The number of carboxylic acids is 1. The predicted molar refractivity (Wildman–Crippen MR) is 152 cm³/mol. The van der Waals surface area contributed by atoms with Crippen molar-refractivity contribution < 1.29 is 28.6 Å². The number of aliphatic carboxylic acids is 1. The largest absolute Gasteiger partial charge is 0.481 e. The summed E-state index contributed by atoms with van der Waals surface area (Å²) in [6, 6.07) is 0.0814. The fourth-order valence-corrected chi connectivity index (χ4v) is 8.72. The summed E-state index contributed by atoms with van der Waals surface area (Å²) in [5.41, 5.74) is 0. The molecule has 1 amide bonds. The monoisotopic (exact) mass is 579 g/mol. The van der Waals surface area contributed by atoms with Crippen LogP contribution in [-0.2, 0) is 19.1 Å². The number of carbonyl (C=O) groups is 2. The van der Waals surface area contributed by atoms with E-state index in [1.54, 1.807) is 13.3 Å². The number of carbonyl (C=O) groups excluding carboxylic acids is 1. The Balaban J connectivity index is 1.12. The van der Waals surface area contributed by atoms with Gasteiger partial charge in [0, 0.05) is 44.0 Å². The van der Waals surface area contributed by atoms with Gasteiger partial charge >= 0.3 is 5.97 Å². The van der Waals surface area contributed by atoms with Gasteiger partial charge in [0.15, 0.2) is 5.13 Å². The van der Waals surface area contributed by atoms with E-state index in [4.69, 9.17) is 14.6 Å². The minimum Gasteiger partial charge on any atom is -0.481 e. The van der Waals surface area contributed by atoms with Crippen molar-refractivity contribution in [2.24, 2.45) is 29.6 Å². The van der Waals surface area contributed by atoms with Gasteiger partial charge in [0.25, 0.3) is 0 Å². The van der Waals surface area contributed by atoms with E-state index >= 15 is 4.39 Å². The molecule has 3 saturated carbocycles. The lowest BCUT2D eigenvalue weighted by atomic mass is 9.68. The fourth-order valence-electron chi connectivity index (χ4n) is 8.18. The number of aromatic nitrogens is 1. The molecule has 3 aliphatic carbocycles. The topological polar surface area (TPSA) is 110 Å². The van der Waals surface area contributed by atoms with Gasteiger partial charge in [0.2, 0.25) is 5.91 Å². The molecule has 0 aromatic carbocycles. The first-order valence-electron chi connectivity index (χ1n) is 15.4. The number of amides is 1. The highest BCUT2D eigenvalue weighted by Crippen LogP contribution is 2.45. The molecule has 40 heavy (non-hydrogen) atoms. The van der Waals surface area contributed by atoms with Crippen molar-refractivity contribution in [1.29, 1.82) is 0 Å². The van der Waals surface area contributed by atoms with Gasteiger partial charge in [-0.3, -0.25) is 9.59 Å². The van der Waals surface area contributed by atoms with Crippen molar-refractivity contribution in [3.8, 4) is 0 Å². The van der Waals surface area contributed by atoms with Gasteiger partial charge < -0.3 is 25.2 Å². The van der Waals surface area contributed by atoms with Gasteiger partial charge in [0.05, 0.1) is 18.3 Å². The Morgan fingerprint density at radius 2 is 1.90 bits per heavy atom. The first-order valence-corrected chi connectivity index (χ1v) is 16.2. The molecular formula is C30H46FN3O5S. The summed E-state index contributed by atoms with van der Waals surface area (Å²) < 4.78 is 28.1. The van der Waals surface area contributed by atoms with Gasteiger partial charge in [-0.05, 0) is 87.5 Å². The number of nitrogens with zero attached hydrogens (tertiary/aromatic N) is 1. The average Bonchev–Trinajstić information content (AvgIpc) is 3.45. The number of methoxy groups -OCH3 is 1. The first kappa shape index (κ1) is 29.9. The molecule has 1 saturated heterocycles. The van der Waals surface area contributed by atoms with Crippen molar-refractivity contribution in [2.45, 2.75) is 114 Å². The zero-order valence-corrected chi connectivity index (χ0v) is 24.5. The summed E-state index contributed by atoms with van der Waals surface area (Å²) in [6.45, 7) is 0.896. The Morgan fingerprint density at radius 1 is 1.07 bits per heavy atom. The molecular weight excluding hydrogens is 533 g/mol. The van der Waals surface area contributed by atoms with Crippen molar-refractivity contribution in [1.82, 2.24) is 10.3 Å². The van der Waals surface area contributed by atoms with Crippen LogP contribution in [0.1, 0.15) is 83.5 Å². The van der Waals surface area contributed by atoms with Crippen LogP contribution < -0.4 is 10.6 Å². The number of hydrogen-bond donors (Lipinski definition) is 3. The Bertz CT molecular complexity index is 959. The third-order valence-corrected chi connectivity index (χ3v) is 11.0. The number of nitrogens with one attached hydrogen (secondary N) is 2. The molecule has 1 aromatic heterocycles. The van der Waals surface area contributed by atoms with Crippen LogP contribution in [0.25, 0.3) is 0 Å². The predicted octanol–water partition coefficient (Wildman–Crippen LogP) is 5.44. The van der Waals surface area contributed by atoms with Gasteiger partial charge in [-0.2, -0.15) is 0 Å². The molecule has 7 unspecified atom stereocenters. The molecule has 5 rings (SSSR count). The molecule has 1 aromatic rings. The normalized spacial score (nSPS) is 38.4. The maximum absolute atomic E-state index is 15.5. The summed E-state index contributed by atoms with van der Waals surface area (Å²) in [5, 5.41) is 18.0. The Hall–Kier alpha value is -1.62. The number of carboxylic acid groups (broad SMARTS) is 1. The third kappa shape index (κ3) is 7.61. The average molecular weight is 580 g/mol. The van der Waals surface area contributed by atoms with Gasteiger partial charge in [-0.1, -0.05) is 12.8 Å². The minimum absolute atomic E-state index is 0.000935. The number of fused-ring (bicyclic) bond motifs is 1. The highest BCUT2D eigenvalue weighted by Gasteiger charge is 2.45. The van der Waals surface area contributed by atoms with Crippen molar-refractivity contribution in [2.75, 3.05) is 19.0 Å². The van der Waals surface area contributed by atoms with E-state index in [0.717, 1.165) is 70.8 Å². The molecule has 0 bridgehead atoms. The molecule has 1 aliphatic heterocycles. The number of anilines is 1. The van der Waals surface area contributed by atoms with Crippen LogP contribution in [0.3, 0.4) is 0 Å². The SMILES string of the molecule is COC1CC2CCN[C@H](CC(=O)Nc3nccs3)C2CC1OC1CCC(C2CCC(CCC(=O)O)CC2)C(F)C1. The molecule has 3 N–H and O–H groups in total. The van der Waals surface area contributed by atoms with E-state index < -0.39 is 12.1 Å². The molecule has 4 aliphatic rings. The molecule has 8 nitrogen and oxygen atoms in total. The maximum Gasteiger partial charge on any atom is 0.303 e. The summed E-state index contributed by atoms with van der Waals surface area (Å²) in [5.74, 6) is 1.04. The van der Waals surface area contributed by atoms with Gasteiger partial charge in [0.1, 0.15) is 6.17 Å². The zero-order valence-electron chi connectivity index (χ0n) is 23.6. The summed E-state index contributed by atoms with van der Waals surface area (Å²) in [4.78, 5) is 27.8. The minimum atomic E-state index is -0.852. The van der Waals surface area contributed by atoms with E-state index in [1.165, 1.54) is 11.3 Å². The molecule has 4 fully saturated rings. The van der Waals surface area contributed by atoms with Crippen LogP contribution in [0, 0.1) is 29.6 Å². The van der Waals surface area contributed by atoms with E-state index in [0.29, 0.717) is 41.6 Å². The molecule has 0 spiro atoms. The van der Waals surface area contributed by atoms with Crippen LogP contribution in [0.2, 0.25) is 0 Å². The number of hydrogen-bond acceptors (Lipinski definition) is 7. The molecule has 224 valence electrons. The lowest BCUT2D eigenvalue weighted by molar-refractivity contribution is -0.151. The number of halogens is 1. The van der Waals surface area contributed by atoms with Crippen LogP contribution in [0.5, 0.6) is 0 Å². The van der Waals surface area contributed by atoms with E-state index in [-0.39, 0.29) is 42.6 Å². The lowest BCUT2D eigenvalue weighted by Crippen LogP contribution is -2.54. The molecule has 8 atom stereocenters. The number of rotatable bonds is 10. The number of ether oxygens (including phenoxy) is 2. The smallest absolute Gasteiger partial charge is 0.303 e. The third-order valence-electron chi connectivity index (χ3n) is 10.3. The summed E-state index contributed by atoms with van der Waals surface area (Å²) in [6.07, 6.45) is 11.1. The van der Waals surface area contributed by atoms with Crippen molar-refractivity contribution >= 4 is 28.3 Å². The van der Waals surface area contributed by atoms with Crippen LogP contribution in [-0.4, -0.2) is 66.1 Å². The highest BCUT2D eigenvalue weighted by atomic mass is 32.1. The first-order chi connectivity index (χ1) is 19.4. The van der Waals surface area contributed by atoms with Crippen molar-refractivity contribution in [3.63, 3.8) is 0 Å². The highest BCUT2D eigenvalue weighted by molar-refractivity contribution is 7.13. The van der Waals surface area contributed by atoms with Gasteiger partial charge in [-0.25, -0.2) is 9.37 Å². The Labute approximate surface area is 241 Å². The van der Waals surface area contributed by atoms with E-state index in [1.807, 2.05) is 5.38 Å². The second-order valence-corrected chi connectivity index (χ2v) is 13.5. The maximum atomic E-state index is 15.5. The Morgan fingerprint density at radius 3 is 2.60 bits per heavy atom. The fraction of sp³-hybridized carbons (Fsp3) is 0.833. The number of alkyl halides is 1. The molecule has 10 heteroatoms. The van der Waals surface area contributed by atoms with E-state index in [9.17, 15) is 9.59 Å². The second-order valence-electron chi connectivity index (χ2n) is 12.6. The molecule has 0 radical (unpaired) electrons. The quantitative estimate of drug-likeness (QED) is 0.339. The van der Waals surface area contributed by atoms with Crippen LogP contribution in [0.15, 0.2) is 11.6 Å². The van der Waals surface area contributed by atoms with Gasteiger partial charge in [-0.15, -0.1) is 11.3 Å². The Kier molecular flexibility index (Phi) is 10.5. The zero-order chi connectivity index (χ0) is 28.1. The van der Waals surface area contributed by atoms with Crippen LogP contribution >= 0.6 is 11.3 Å². The standard InChI is InChI=1S/C30H46FN3O5S/c1-38-26-14-20-10-11-32-25(17-28(35)34-30-33-12-13-40-30)23(20)16-27(26)39-21-7-8-22(24(31)15-21)19-5-2-18(3-6-19)4-9-29(36)37/h12-13,18-27,32H,2-11,14-17H2,1H3,(H,36,37)(H,33,34,35)/t18?,19?,20?,21?,22?,23?,24?,25-,26?,27?/m1/s1. The molecule has 2 heterocycles. The summed E-state index contributed by atoms with van der Waals surface area (Å²) >= 11 is 1.42. The second kappa shape index (κ2) is 14.0. The number of piperidine rings is 1.